The summed E-state index contributed by atoms with van der Waals surface area (Å²) in [5.41, 5.74) is 1.49. The molecule has 2 aromatic carbocycles. The zero-order valence-electron chi connectivity index (χ0n) is 9.50. The second-order valence-corrected chi connectivity index (χ2v) is 4.49. The Bertz CT molecular complexity index is 635. The summed E-state index contributed by atoms with van der Waals surface area (Å²) in [6, 6.07) is 16.8. The third-order valence-electron chi connectivity index (χ3n) is 3.41. The van der Waals surface area contributed by atoms with Crippen LogP contribution in [0.4, 0.5) is 0 Å². The van der Waals surface area contributed by atoms with Crippen molar-refractivity contribution in [2.45, 2.75) is 11.9 Å². The molecule has 2 aliphatic rings. The molecule has 1 saturated heterocycles. The number of carbonyl (C=O) groups excluding carboxylic acids is 1. The van der Waals surface area contributed by atoms with Crippen molar-refractivity contribution in [3.05, 3.63) is 65.7 Å². The number of ether oxygens (including phenoxy) is 2. The number of hydrogen-bond acceptors (Lipinski definition) is 3. The van der Waals surface area contributed by atoms with Gasteiger partial charge in [0.1, 0.15) is 5.75 Å². The summed E-state index contributed by atoms with van der Waals surface area (Å²) in [5, 5.41) is 0. The predicted octanol–water partition coefficient (Wildman–Crippen LogP) is 2.51. The molecule has 3 nitrogen and oxygen atoms in total. The fraction of sp³-hybridized carbons (Fsp3) is 0.133. The Labute approximate surface area is 104 Å². The number of ketones is 1. The lowest BCUT2D eigenvalue weighted by Crippen LogP contribution is -2.30. The number of Topliss-reactive ketones (excluding diaryl/α,β-unsaturated/α-hetero) is 1. The van der Waals surface area contributed by atoms with E-state index in [0.717, 1.165) is 5.56 Å². The molecule has 3 heteroatoms. The van der Waals surface area contributed by atoms with Gasteiger partial charge in [0, 0.05) is 5.56 Å². The molecule has 2 aromatic rings. The van der Waals surface area contributed by atoms with Crippen LogP contribution in [0.5, 0.6) is 5.75 Å². The summed E-state index contributed by atoms with van der Waals surface area (Å²) >= 11 is 0. The van der Waals surface area contributed by atoms with E-state index in [4.69, 9.17) is 9.47 Å². The van der Waals surface area contributed by atoms with E-state index in [1.54, 1.807) is 12.1 Å². The zero-order valence-corrected chi connectivity index (χ0v) is 9.50. The van der Waals surface area contributed by atoms with Crippen LogP contribution in [0, 0.1) is 0 Å². The van der Waals surface area contributed by atoms with Gasteiger partial charge in [-0.2, -0.15) is 0 Å². The van der Waals surface area contributed by atoms with E-state index in [-0.39, 0.29) is 5.78 Å². The van der Waals surface area contributed by atoms with Crippen LogP contribution in [-0.4, -0.2) is 11.9 Å². The molecular formula is C15H10O3. The van der Waals surface area contributed by atoms with Crippen molar-refractivity contribution in [3.8, 4) is 5.75 Å². The number of hydrogen-bond donors (Lipinski definition) is 0. The molecule has 0 bridgehead atoms. The maximum Gasteiger partial charge on any atom is 0.272 e. The maximum atomic E-state index is 12.2. The van der Waals surface area contributed by atoms with E-state index in [1.165, 1.54) is 0 Å². The minimum absolute atomic E-state index is 0.000651. The number of carbonyl (C=O) groups is 1. The first-order valence-corrected chi connectivity index (χ1v) is 5.87. The highest BCUT2D eigenvalue weighted by Gasteiger charge is 2.67. The second-order valence-electron chi connectivity index (χ2n) is 4.49. The highest BCUT2D eigenvalue weighted by molar-refractivity contribution is 6.05. The second kappa shape index (κ2) is 3.21. The van der Waals surface area contributed by atoms with Gasteiger partial charge in [-0.1, -0.05) is 42.5 Å². The van der Waals surface area contributed by atoms with Crippen molar-refractivity contribution in [1.29, 1.82) is 0 Å². The van der Waals surface area contributed by atoms with Crippen molar-refractivity contribution < 1.29 is 14.3 Å². The lowest BCUT2D eigenvalue weighted by atomic mass is 9.96. The Morgan fingerprint density at radius 1 is 0.944 bits per heavy atom. The van der Waals surface area contributed by atoms with E-state index in [0.29, 0.717) is 11.3 Å². The number of epoxide rings is 1. The van der Waals surface area contributed by atoms with Crippen LogP contribution in [0.3, 0.4) is 0 Å². The average Bonchev–Trinajstić information content (AvgIpc) is 3.16. The molecule has 0 aromatic heterocycles. The molecular weight excluding hydrogens is 228 g/mol. The van der Waals surface area contributed by atoms with Crippen LogP contribution in [0.25, 0.3) is 0 Å². The van der Waals surface area contributed by atoms with Gasteiger partial charge in [0.2, 0.25) is 5.78 Å². The molecule has 2 heterocycles. The molecule has 0 amide bonds. The summed E-state index contributed by atoms with van der Waals surface area (Å²) in [7, 11) is 0. The van der Waals surface area contributed by atoms with Crippen molar-refractivity contribution in [1.82, 2.24) is 0 Å². The van der Waals surface area contributed by atoms with Crippen LogP contribution < -0.4 is 4.74 Å². The van der Waals surface area contributed by atoms with Gasteiger partial charge in [-0.25, -0.2) is 0 Å². The average molecular weight is 238 g/mol. The first-order chi connectivity index (χ1) is 8.81. The molecule has 2 atom stereocenters. The Hall–Kier alpha value is -2.13. The number of rotatable bonds is 1. The standard InChI is InChI=1S/C15H10O3/c16-13-11-8-4-5-9-12(11)17-15(14(13)18-15)10-6-2-1-3-7-10/h1-9,14H. The van der Waals surface area contributed by atoms with Gasteiger partial charge >= 0.3 is 0 Å². The predicted molar refractivity (Wildman–Crippen MR) is 64.4 cm³/mol. The van der Waals surface area contributed by atoms with Gasteiger partial charge in [-0.15, -0.1) is 0 Å². The van der Waals surface area contributed by atoms with Crippen LogP contribution >= 0.6 is 0 Å². The first-order valence-electron chi connectivity index (χ1n) is 5.87. The molecule has 88 valence electrons. The van der Waals surface area contributed by atoms with Gasteiger partial charge in [-0.3, -0.25) is 4.79 Å². The Morgan fingerprint density at radius 3 is 2.50 bits per heavy atom. The van der Waals surface area contributed by atoms with E-state index >= 15 is 0 Å². The summed E-state index contributed by atoms with van der Waals surface area (Å²) in [6.07, 6.45) is -0.505. The van der Waals surface area contributed by atoms with Crippen LogP contribution in [0.15, 0.2) is 54.6 Å². The fourth-order valence-electron chi connectivity index (χ4n) is 2.46. The molecule has 18 heavy (non-hydrogen) atoms. The van der Waals surface area contributed by atoms with E-state index in [1.807, 2.05) is 42.5 Å². The monoisotopic (exact) mass is 238 g/mol. The lowest BCUT2D eigenvalue weighted by Gasteiger charge is -2.21. The quantitative estimate of drug-likeness (QED) is 0.716. The molecule has 4 rings (SSSR count). The summed E-state index contributed by atoms with van der Waals surface area (Å²) in [4.78, 5) is 12.2. The first kappa shape index (κ1) is 9.85. The summed E-state index contributed by atoms with van der Waals surface area (Å²) < 4.78 is 11.5. The van der Waals surface area contributed by atoms with Gasteiger partial charge in [0.15, 0.2) is 6.10 Å². The number of para-hydroxylation sites is 1. The minimum atomic E-state index is -0.896. The number of benzene rings is 2. The van der Waals surface area contributed by atoms with E-state index in [2.05, 4.69) is 0 Å². The van der Waals surface area contributed by atoms with Crippen molar-refractivity contribution in [3.63, 3.8) is 0 Å². The normalized spacial score (nSPS) is 28.0. The number of fused-ring (bicyclic) bond motifs is 2. The van der Waals surface area contributed by atoms with Crippen LogP contribution in [-0.2, 0) is 10.5 Å². The molecule has 0 N–H and O–H groups in total. The smallest absolute Gasteiger partial charge is 0.272 e. The minimum Gasteiger partial charge on any atom is -0.454 e. The van der Waals surface area contributed by atoms with Crippen molar-refractivity contribution in [2.24, 2.45) is 0 Å². The van der Waals surface area contributed by atoms with Crippen LogP contribution in [0.2, 0.25) is 0 Å². The molecule has 2 aliphatic heterocycles. The maximum absolute atomic E-state index is 12.2. The third kappa shape index (κ3) is 1.14. The van der Waals surface area contributed by atoms with Gasteiger partial charge in [-0.05, 0) is 12.1 Å². The molecule has 0 radical (unpaired) electrons. The van der Waals surface area contributed by atoms with Gasteiger partial charge < -0.3 is 9.47 Å². The van der Waals surface area contributed by atoms with E-state index in [9.17, 15) is 4.79 Å². The lowest BCUT2D eigenvalue weighted by molar-refractivity contribution is 0.0571. The van der Waals surface area contributed by atoms with Gasteiger partial charge in [0.25, 0.3) is 5.79 Å². The molecule has 0 saturated carbocycles. The van der Waals surface area contributed by atoms with Crippen molar-refractivity contribution >= 4 is 5.78 Å². The Balaban J connectivity index is 1.84. The Kier molecular flexibility index (Phi) is 1.76. The van der Waals surface area contributed by atoms with Gasteiger partial charge in [0.05, 0.1) is 5.56 Å². The fourth-order valence-corrected chi connectivity index (χ4v) is 2.46. The topological polar surface area (TPSA) is 38.8 Å². The summed E-state index contributed by atoms with van der Waals surface area (Å²) in [5.74, 6) is -0.298. The highest BCUT2D eigenvalue weighted by atomic mass is 16.8. The SMILES string of the molecule is O=C1c2ccccc2OC2(c3ccccc3)OC12. The third-order valence-corrected chi connectivity index (χ3v) is 3.41. The van der Waals surface area contributed by atoms with Crippen molar-refractivity contribution in [2.75, 3.05) is 0 Å². The summed E-state index contributed by atoms with van der Waals surface area (Å²) in [6.45, 7) is 0. The molecule has 0 spiro atoms. The molecule has 0 aliphatic carbocycles. The van der Waals surface area contributed by atoms with E-state index < -0.39 is 11.9 Å². The largest absolute Gasteiger partial charge is 0.454 e. The highest BCUT2D eigenvalue weighted by Crippen LogP contribution is 2.53. The molecule has 1 fully saturated rings. The zero-order chi connectivity index (χ0) is 12.2. The molecule has 2 unspecified atom stereocenters. The van der Waals surface area contributed by atoms with Crippen LogP contribution in [0.1, 0.15) is 15.9 Å². The Morgan fingerprint density at radius 2 is 1.67 bits per heavy atom.